The maximum Gasteiger partial charge on any atom is 0.324 e. The SMILES string of the molecule is O=C1CNC(=O)N1CCNS(=O)(=O)Cc1ccc(Cl)cc1. The maximum absolute atomic E-state index is 11.9. The number of nitrogens with zero attached hydrogens (tertiary/aromatic N) is 1. The fraction of sp³-hybridized carbons (Fsp3) is 0.333. The van der Waals surface area contributed by atoms with Gasteiger partial charge in [-0.05, 0) is 17.7 Å². The van der Waals surface area contributed by atoms with E-state index in [9.17, 15) is 18.0 Å². The number of imide groups is 1. The average molecular weight is 332 g/mol. The van der Waals surface area contributed by atoms with E-state index in [0.29, 0.717) is 10.6 Å². The first-order chi connectivity index (χ1) is 9.87. The van der Waals surface area contributed by atoms with Crippen LogP contribution in [0.3, 0.4) is 0 Å². The number of halogens is 1. The van der Waals surface area contributed by atoms with Crippen LogP contribution in [0.5, 0.6) is 0 Å². The summed E-state index contributed by atoms with van der Waals surface area (Å²) in [6, 6.07) is 5.97. The average Bonchev–Trinajstić information content (AvgIpc) is 2.73. The van der Waals surface area contributed by atoms with Crippen molar-refractivity contribution in [2.45, 2.75) is 5.75 Å². The minimum atomic E-state index is -3.54. The molecule has 1 saturated heterocycles. The largest absolute Gasteiger partial charge is 0.329 e. The van der Waals surface area contributed by atoms with Crippen molar-refractivity contribution in [1.82, 2.24) is 14.9 Å². The third-order valence-corrected chi connectivity index (χ3v) is 4.47. The van der Waals surface area contributed by atoms with E-state index in [1.165, 1.54) is 0 Å². The Labute approximate surface area is 127 Å². The summed E-state index contributed by atoms with van der Waals surface area (Å²) >= 11 is 5.73. The van der Waals surface area contributed by atoms with Gasteiger partial charge in [0.2, 0.25) is 15.9 Å². The fourth-order valence-corrected chi connectivity index (χ4v) is 3.11. The molecule has 1 heterocycles. The Bertz CT molecular complexity index is 629. The van der Waals surface area contributed by atoms with Crippen LogP contribution in [0.2, 0.25) is 5.02 Å². The Morgan fingerprint density at radius 2 is 1.90 bits per heavy atom. The van der Waals surface area contributed by atoms with Gasteiger partial charge in [-0.25, -0.2) is 17.9 Å². The molecule has 0 unspecified atom stereocenters. The van der Waals surface area contributed by atoms with E-state index in [0.717, 1.165) is 4.90 Å². The van der Waals surface area contributed by atoms with Crippen molar-refractivity contribution in [3.63, 3.8) is 0 Å². The van der Waals surface area contributed by atoms with Gasteiger partial charge in [-0.1, -0.05) is 23.7 Å². The molecule has 2 rings (SSSR count). The van der Waals surface area contributed by atoms with Crippen LogP contribution < -0.4 is 10.0 Å². The minimum absolute atomic E-state index is 0.00448. The molecule has 1 aromatic carbocycles. The van der Waals surface area contributed by atoms with Crippen molar-refractivity contribution in [3.8, 4) is 0 Å². The predicted molar refractivity (Wildman–Crippen MR) is 77.2 cm³/mol. The number of carbonyl (C=O) groups is 2. The number of sulfonamides is 1. The van der Waals surface area contributed by atoms with E-state index < -0.39 is 16.1 Å². The van der Waals surface area contributed by atoms with Gasteiger partial charge in [0.1, 0.15) is 0 Å². The molecular formula is C12H14ClN3O4S. The van der Waals surface area contributed by atoms with E-state index >= 15 is 0 Å². The van der Waals surface area contributed by atoms with Crippen LogP contribution in [0.25, 0.3) is 0 Å². The highest BCUT2D eigenvalue weighted by Gasteiger charge is 2.28. The molecule has 0 saturated carbocycles. The van der Waals surface area contributed by atoms with Gasteiger partial charge in [-0.15, -0.1) is 0 Å². The predicted octanol–water partition coefficient (Wildman–Crippen LogP) is 0.311. The minimum Gasteiger partial charge on any atom is -0.329 e. The van der Waals surface area contributed by atoms with Gasteiger partial charge in [0.05, 0.1) is 12.3 Å². The highest BCUT2D eigenvalue weighted by molar-refractivity contribution is 7.88. The zero-order valence-electron chi connectivity index (χ0n) is 11.0. The Kier molecular flexibility index (Phi) is 4.81. The number of rotatable bonds is 6. The lowest BCUT2D eigenvalue weighted by atomic mass is 10.2. The molecule has 3 amide bonds. The first kappa shape index (κ1) is 15.7. The lowest BCUT2D eigenvalue weighted by Gasteiger charge is -2.13. The van der Waals surface area contributed by atoms with Crippen LogP contribution in [0.1, 0.15) is 5.56 Å². The summed E-state index contributed by atoms with van der Waals surface area (Å²) < 4.78 is 26.1. The topological polar surface area (TPSA) is 95.6 Å². The molecule has 9 heteroatoms. The van der Waals surface area contributed by atoms with Crippen LogP contribution in [-0.2, 0) is 20.6 Å². The molecule has 0 aromatic heterocycles. The molecule has 0 radical (unpaired) electrons. The van der Waals surface area contributed by atoms with Crippen LogP contribution in [-0.4, -0.2) is 44.9 Å². The summed E-state index contributed by atoms with van der Waals surface area (Å²) in [6.45, 7) is -0.0596. The Hall–Kier alpha value is -1.64. The van der Waals surface area contributed by atoms with Crippen LogP contribution in [0.4, 0.5) is 4.79 Å². The molecule has 114 valence electrons. The molecule has 21 heavy (non-hydrogen) atoms. The molecule has 0 aliphatic carbocycles. The number of benzene rings is 1. The van der Waals surface area contributed by atoms with Gasteiger partial charge >= 0.3 is 6.03 Å². The summed E-state index contributed by atoms with van der Waals surface area (Å²) in [4.78, 5) is 23.6. The zero-order valence-corrected chi connectivity index (χ0v) is 12.6. The molecule has 1 aliphatic rings. The Balaban J connectivity index is 1.85. The van der Waals surface area contributed by atoms with Crippen molar-refractivity contribution in [1.29, 1.82) is 0 Å². The van der Waals surface area contributed by atoms with Crippen molar-refractivity contribution in [2.24, 2.45) is 0 Å². The van der Waals surface area contributed by atoms with Crippen molar-refractivity contribution >= 4 is 33.6 Å². The number of hydrogen-bond acceptors (Lipinski definition) is 4. The van der Waals surface area contributed by atoms with Gasteiger partial charge in [0.25, 0.3) is 0 Å². The lowest BCUT2D eigenvalue weighted by molar-refractivity contribution is -0.124. The third kappa shape index (κ3) is 4.42. The maximum atomic E-state index is 11.9. The van der Waals surface area contributed by atoms with Gasteiger partial charge in [0, 0.05) is 18.1 Å². The van der Waals surface area contributed by atoms with E-state index in [-0.39, 0.29) is 31.3 Å². The smallest absolute Gasteiger partial charge is 0.324 e. The first-order valence-electron chi connectivity index (χ1n) is 6.17. The number of urea groups is 1. The number of carbonyl (C=O) groups excluding carboxylic acids is 2. The summed E-state index contributed by atoms with van der Waals surface area (Å²) in [5, 5.41) is 2.89. The van der Waals surface area contributed by atoms with Crippen LogP contribution in [0.15, 0.2) is 24.3 Å². The van der Waals surface area contributed by atoms with E-state index in [1.54, 1.807) is 24.3 Å². The van der Waals surface area contributed by atoms with Gasteiger partial charge < -0.3 is 5.32 Å². The van der Waals surface area contributed by atoms with E-state index in [4.69, 9.17) is 11.6 Å². The van der Waals surface area contributed by atoms with Crippen LogP contribution in [0, 0.1) is 0 Å². The second-order valence-electron chi connectivity index (χ2n) is 4.48. The summed E-state index contributed by atoms with van der Waals surface area (Å²) in [5.74, 6) is -0.554. The van der Waals surface area contributed by atoms with Crippen molar-refractivity contribution < 1.29 is 18.0 Å². The molecule has 0 atom stereocenters. The van der Waals surface area contributed by atoms with E-state index in [2.05, 4.69) is 10.0 Å². The molecule has 1 aliphatic heterocycles. The van der Waals surface area contributed by atoms with Gasteiger partial charge in [-0.2, -0.15) is 0 Å². The molecule has 0 spiro atoms. The Morgan fingerprint density at radius 3 is 2.48 bits per heavy atom. The third-order valence-electron chi connectivity index (χ3n) is 2.86. The standard InChI is InChI=1S/C12H14ClN3O4S/c13-10-3-1-9(2-4-10)8-21(19,20)15-5-6-16-11(17)7-14-12(16)18/h1-4,15H,5-8H2,(H,14,18). The molecule has 1 fully saturated rings. The van der Waals surface area contributed by atoms with Gasteiger partial charge in [0.15, 0.2) is 0 Å². The van der Waals surface area contributed by atoms with Crippen molar-refractivity contribution in [2.75, 3.05) is 19.6 Å². The molecule has 0 bridgehead atoms. The molecule has 1 aromatic rings. The molecule has 7 nitrogen and oxygen atoms in total. The lowest BCUT2D eigenvalue weighted by Crippen LogP contribution is -2.38. The summed E-state index contributed by atoms with van der Waals surface area (Å²) in [7, 11) is -3.54. The zero-order chi connectivity index (χ0) is 15.5. The highest BCUT2D eigenvalue weighted by atomic mass is 35.5. The highest BCUT2D eigenvalue weighted by Crippen LogP contribution is 2.11. The number of amides is 3. The van der Waals surface area contributed by atoms with Crippen molar-refractivity contribution in [3.05, 3.63) is 34.9 Å². The van der Waals surface area contributed by atoms with Gasteiger partial charge in [-0.3, -0.25) is 9.69 Å². The second-order valence-corrected chi connectivity index (χ2v) is 6.73. The van der Waals surface area contributed by atoms with E-state index in [1.807, 2.05) is 0 Å². The summed E-state index contributed by atoms with van der Waals surface area (Å²) in [6.07, 6.45) is 0. The molecule has 2 N–H and O–H groups in total. The number of nitrogens with one attached hydrogen (secondary N) is 2. The number of hydrogen-bond donors (Lipinski definition) is 2. The molecular weight excluding hydrogens is 318 g/mol. The van der Waals surface area contributed by atoms with Crippen LogP contribution >= 0.6 is 11.6 Å². The summed E-state index contributed by atoms with van der Waals surface area (Å²) in [5.41, 5.74) is 0.599. The Morgan fingerprint density at radius 1 is 1.24 bits per heavy atom. The monoisotopic (exact) mass is 331 g/mol. The quantitative estimate of drug-likeness (QED) is 0.733. The fourth-order valence-electron chi connectivity index (χ4n) is 1.85. The second kappa shape index (κ2) is 6.42. The first-order valence-corrected chi connectivity index (χ1v) is 8.20. The normalized spacial score (nSPS) is 15.4.